The van der Waals surface area contributed by atoms with Gasteiger partial charge in [0.05, 0.1) is 12.1 Å². The van der Waals surface area contributed by atoms with E-state index < -0.39 is 11.7 Å². The maximum absolute atomic E-state index is 12.0. The highest BCUT2D eigenvalue weighted by Gasteiger charge is 2.29. The highest BCUT2D eigenvalue weighted by Crippen LogP contribution is 2.26. The summed E-state index contributed by atoms with van der Waals surface area (Å²) < 4.78 is 5.32. The molecule has 0 bridgehead atoms. The summed E-state index contributed by atoms with van der Waals surface area (Å²) in [6, 6.07) is 7.07. The van der Waals surface area contributed by atoms with E-state index in [1.807, 2.05) is 32.9 Å². The maximum atomic E-state index is 12.0. The van der Waals surface area contributed by atoms with Gasteiger partial charge in [0.15, 0.2) is 0 Å². The van der Waals surface area contributed by atoms with Crippen molar-refractivity contribution in [2.45, 2.75) is 51.3 Å². The maximum Gasteiger partial charge on any atom is 0.407 e. The highest BCUT2D eigenvalue weighted by molar-refractivity contribution is 5.68. The van der Waals surface area contributed by atoms with Crippen LogP contribution in [0, 0.1) is 0 Å². The first-order valence-electron chi connectivity index (χ1n) is 7.37. The molecule has 1 heterocycles. The zero-order valence-electron chi connectivity index (χ0n) is 12.8. The van der Waals surface area contributed by atoms with Gasteiger partial charge in [-0.3, -0.25) is 0 Å². The first-order chi connectivity index (χ1) is 9.85. The van der Waals surface area contributed by atoms with Crippen molar-refractivity contribution < 1.29 is 14.6 Å². The Bertz CT molecular complexity index is 497. The summed E-state index contributed by atoms with van der Waals surface area (Å²) in [5, 5.41) is 16.0. The van der Waals surface area contributed by atoms with Crippen LogP contribution in [0.2, 0.25) is 0 Å². The molecule has 2 unspecified atom stereocenters. The normalized spacial score (nSPS) is 22.6. The number of rotatable bonds is 2. The third-order valence-corrected chi connectivity index (χ3v) is 3.39. The second-order valence-electron chi connectivity index (χ2n) is 6.42. The molecule has 1 aromatic rings. The van der Waals surface area contributed by atoms with Gasteiger partial charge in [-0.05, 0) is 57.9 Å². The topological polar surface area (TPSA) is 70.6 Å². The molecule has 2 rings (SSSR count). The van der Waals surface area contributed by atoms with Crippen LogP contribution in [0.4, 0.5) is 4.79 Å². The highest BCUT2D eigenvalue weighted by atomic mass is 16.6. The molecular formula is C16H24N2O3. The molecule has 1 amide bonds. The molecule has 3 N–H and O–H groups in total. The largest absolute Gasteiger partial charge is 0.508 e. The molecule has 5 heteroatoms. The number of aromatic hydroxyl groups is 1. The fraction of sp³-hybridized carbons (Fsp3) is 0.562. The number of alkyl carbamates (subject to hydrolysis) is 1. The average molecular weight is 292 g/mol. The van der Waals surface area contributed by atoms with Crippen LogP contribution >= 0.6 is 0 Å². The van der Waals surface area contributed by atoms with E-state index in [-0.39, 0.29) is 17.8 Å². The lowest BCUT2D eigenvalue weighted by molar-refractivity contribution is 0.0481. The van der Waals surface area contributed by atoms with Crippen molar-refractivity contribution in [1.82, 2.24) is 10.6 Å². The summed E-state index contributed by atoms with van der Waals surface area (Å²) in [6.45, 7) is 6.43. The number of ether oxygens (including phenoxy) is 1. The zero-order chi connectivity index (χ0) is 15.5. The van der Waals surface area contributed by atoms with Crippen molar-refractivity contribution in [2.75, 3.05) is 6.54 Å². The van der Waals surface area contributed by atoms with E-state index in [1.165, 1.54) is 0 Å². The van der Waals surface area contributed by atoms with E-state index in [2.05, 4.69) is 10.6 Å². The molecule has 2 atom stereocenters. The number of nitrogens with one attached hydrogen (secondary N) is 2. The zero-order valence-corrected chi connectivity index (χ0v) is 12.8. The number of phenols is 1. The van der Waals surface area contributed by atoms with E-state index in [4.69, 9.17) is 4.74 Å². The predicted octanol–water partition coefficient (Wildman–Crippen LogP) is 2.71. The molecule has 21 heavy (non-hydrogen) atoms. The fourth-order valence-corrected chi connectivity index (χ4v) is 2.57. The Hall–Kier alpha value is -1.75. The predicted molar refractivity (Wildman–Crippen MR) is 81.2 cm³/mol. The minimum absolute atomic E-state index is 0.0154. The molecule has 0 saturated carbocycles. The second-order valence-corrected chi connectivity index (χ2v) is 6.42. The molecule has 0 radical (unpaired) electrons. The van der Waals surface area contributed by atoms with Crippen molar-refractivity contribution in [3.8, 4) is 5.75 Å². The molecule has 1 aliphatic heterocycles. The lowest BCUT2D eigenvalue weighted by atomic mass is 9.92. The number of hydrogen-bond acceptors (Lipinski definition) is 4. The molecule has 0 aromatic heterocycles. The van der Waals surface area contributed by atoms with Gasteiger partial charge >= 0.3 is 6.09 Å². The third-order valence-electron chi connectivity index (χ3n) is 3.39. The SMILES string of the molecule is CC(C)(C)OC(=O)NC1CCCNC1c1cccc(O)c1. The summed E-state index contributed by atoms with van der Waals surface area (Å²) in [4.78, 5) is 12.0. The van der Waals surface area contributed by atoms with Crippen LogP contribution in [0.25, 0.3) is 0 Å². The van der Waals surface area contributed by atoms with Crippen molar-refractivity contribution in [3.05, 3.63) is 29.8 Å². The first kappa shape index (κ1) is 15.6. The van der Waals surface area contributed by atoms with E-state index in [0.717, 1.165) is 24.9 Å². The van der Waals surface area contributed by atoms with Gasteiger partial charge < -0.3 is 20.5 Å². The molecule has 1 aliphatic rings. The quantitative estimate of drug-likeness (QED) is 0.784. The van der Waals surface area contributed by atoms with Gasteiger partial charge in [-0.1, -0.05) is 12.1 Å². The summed E-state index contributed by atoms with van der Waals surface area (Å²) in [5.74, 6) is 0.232. The van der Waals surface area contributed by atoms with Gasteiger partial charge in [0.2, 0.25) is 0 Å². The Balaban J connectivity index is 2.07. The van der Waals surface area contributed by atoms with Crippen molar-refractivity contribution >= 4 is 6.09 Å². The van der Waals surface area contributed by atoms with Crippen molar-refractivity contribution in [3.63, 3.8) is 0 Å². The average Bonchev–Trinajstić information content (AvgIpc) is 2.37. The summed E-state index contributed by atoms with van der Waals surface area (Å²) >= 11 is 0. The number of phenolic OH excluding ortho intramolecular Hbond substituents is 1. The number of benzene rings is 1. The molecule has 1 aromatic carbocycles. The Morgan fingerprint density at radius 2 is 2.19 bits per heavy atom. The minimum Gasteiger partial charge on any atom is -0.508 e. The fourth-order valence-electron chi connectivity index (χ4n) is 2.57. The van der Waals surface area contributed by atoms with Gasteiger partial charge in [-0.15, -0.1) is 0 Å². The van der Waals surface area contributed by atoms with Gasteiger partial charge in [0.1, 0.15) is 11.4 Å². The molecule has 116 valence electrons. The first-order valence-corrected chi connectivity index (χ1v) is 7.37. The Morgan fingerprint density at radius 3 is 2.86 bits per heavy atom. The Morgan fingerprint density at radius 1 is 1.43 bits per heavy atom. The molecule has 1 fully saturated rings. The monoisotopic (exact) mass is 292 g/mol. The molecule has 1 saturated heterocycles. The number of carbonyl (C=O) groups is 1. The lowest BCUT2D eigenvalue weighted by Crippen LogP contribution is -2.49. The number of piperidine rings is 1. The van der Waals surface area contributed by atoms with Crippen LogP contribution in [0.3, 0.4) is 0 Å². The van der Waals surface area contributed by atoms with Gasteiger partial charge in [-0.25, -0.2) is 4.79 Å². The second kappa shape index (κ2) is 6.35. The number of carbonyl (C=O) groups excluding carboxylic acids is 1. The van der Waals surface area contributed by atoms with E-state index in [9.17, 15) is 9.90 Å². The summed E-state index contributed by atoms with van der Waals surface area (Å²) in [7, 11) is 0. The summed E-state index contributed by atoms with van der Waals surface area (Å²) in [5.41, 5.74) is 0.461. The van der Waals surface area contributed by atoms with Gasteiger partial charge in [0.25, 0.3) is 0 Å². The van der Waals surface area contributed by atoms with Crippen LogP contribution < -0.4 is 10.6 Å². The van der Waals surface area contributed by atoms with Gasteiger partial charge in [0, 0.05) is 0 Å². The molecule has 0 spiro atoms. The Kier molecular flexibility index (Phi) is 4.73. The Labute approximate surface area is 125 Å². The van der Waals surface area contributed by atoms with Crippen LogP contribution in [-0.4, -0.2) is 29.4 Å². The van der Waals surface area contributed by atoms with E-state index in [1.54, 1.807) is 12.1 Å². The summed E-state index contributed by atoms with van der Waals surface area (Å²) in [6.07, 6.45) is 1.48. The van der Waals surface area contributed by atoms with Crippen LogP contribution in [-0.2, 0) is 4.74 Å². The van der Waals surface area contributed by atoms with E-state index >= 15 is 0 Å². The van der Waals surface area contributed by atoms with Crippen LogP contribution in [0.1, 0.15) is 45.2 Å². The number of hydrogen-bond donors (Lipinski definition) is 3. The van der Waals surface area contributed by atoms with Gasteiger partial charge in [-0.2, -0.15) is 0 Å². The molecule has 5 nitrogen and oxygen atoms in total. The van der Waals surface area contributed by atoms with E-state index in [0.29, 0.717) is 0 Å². The van der Waals surface area contributed by atoms with Crippen LogP contribution in [0.5, 0.6) is 5.75 Å². The van der Waals surface area contributed by atoms with Crippen molar-refractivity contribution in [2.24, 2.45) is 0 Å². The standard InChI is InChI=1S/C16H24N2O3/c1-16(2,3)21-15(20)18-13-8-5-9-17-14(13)11-6-4-7-12(19)10-11/h4,6-7,10,13-14,17,19H,5,8-9H2,1-3H3,(H,18,20). The third kappa shape index (κ3) is 4.63. The van der Waals surface area contributed by atoms with Crippen LogP contribution in [0.15, 0.2) is 24.3 Å². The molecular weight excluding hydrogens is 268 g/mol. The minimum atomic E-state index is -0.507. The smallest absolute Gasteiger partial charge is 0.407 e. The lowest BCUT2D eigenvalue weighted by Gasteiger charge is -2.34. The number of amides is 1. The molecule has 0 aliphatic carbocycles. The van der Waals surface area contributed by atoms with Crippen molar-refractivity contribution in [1.29, 1.82) is 0 Å².